The molecule has 0 aromatic heterocycles. The number of phenolic OH excluding ortho intramolecular Hbond substituents is 1. The van der Waals surface area contributed by atoms with Gasteiger partial charge in [-0.05, 0) is 19.1 Å². The molecule has 0 aliphatic rings. The number of esters is 1. The molecule has 0 radical (unpaired) electrons. The van der Waals surface area contributed by atoms with E-state index < -0.39 is 5.97 Å². The molecule has 0 fully saturated rings. The van der Waals surface area contributed by atoms with Crippen LogP contribution >= 0.6 is 0 Å². The number of nitrogens with zero attached hydrogens (tertiary/aromatic N) is 1. The molecule has 5 heteroatoms. The van der Waals surface area contributed by atoms with Crippen molar-refractivity contribution < 1.29 is 19.4 Å². The minimum atomic E-state index is -0.693. The highest BCUT2D eigenvalue weighted by Crippen LogP contribution is 2.21. The van der Waals surface area contributed by atoms with Crippen LogP contribution in [0, 0.1) is 11.3 Å². The van der Waals surface area contributed by atoms with E-state index in [9.17, 15) is 14.7 Å². The lowest BCUT2D eigenvalue weighted by atomic mass is 10.0. The average Bonchev–Trinajstić information content (AvgIpc) is 2.28. The Kier molecular flexibility index (Phi) is 3.62. The van der Waals surface area contributed by atoms with E-state index in [1.165, 1.54) is 0 Å². The van der Waals surface area contributed by atoms with Gasteiger partial charge in [0.15, 0.2) is 6.29 Å². The zero-order chi connectivity index (χ0) is 12.1. The smallest absolute Gasteiger partial charge is 0.338 e. The predicted molar refractivity (Wildman–Crippen MR) is 54.2 cm³/mol. The van der Waals surface area contributed by atoms with Crippen LogP contribution in [0.2, 0.25) is 0 Å². The number of nitriles is 1. The lowest BCUT2D eigenvalue weighted by molar-refractivity contribution is 0.0524. The summed E-state index contributed by atoms with van der Waals surface area (Å²) in [6.07, 6.45) is 0.424. The molecule has 0 aliphatic heterocycles. The Morgan fingerprint density at radius 1 is 1.62 bits per heavy atom. The first kappa shape index (κ1) is 11.7. The van der Waals surface area contributed by atoms with E-state index in [-0.39, 0.29) is 29.0 Å². The molecule has 5 nitrogen and oxygen atoms in total. The van der Waals surface area contributed by atoms with Crippen molar-refractivity contribution in [1.29, 1.82) is 5.26 Å². The van der Waals surface area contributed by atoms with Crippen LogP contribution in [0.5, 0.6) is 5.75 Å². The van der Waals surface area contributed by atoms with E-state index in [1.54, 1.807) is 13.0 Å². The molecule has 0 unspecified atom stereocenters. The Bertz CT molecular complexity index is 474. The highest BCUT2D eigenvalue weighted by atomic mass is 16.5. The Hall–Kier alpha value is -2.35. The minimum absolute atomic E-state index is 0.00468. The molecule has 1 aromatic rings. The summed E-state index contributed by atoms with van der Waals surface area (Å²) in [6, 6.07) is 3.91. The van der Waals surface area contributed by atoms with Gasteiger partial charge in [0.25, 0.3) is 0 Å². The Balaban J connectivity index is 3.31. The van der Waals surface area contributed by atoms with E-state index in [0.717, 1.165) is 12.1 Å². The van der Waals surface area contributed by atoms with Gasteiger partial charge in [-0.2, -0.15) is 5.26 Å². The van der Waals surface area contributed by atoms with Gasteiger partial charge in [-0.1, -0.05) is 0 Å². The van der Waals surface area contributed by atoms with Crippen molar-refractivity contribution in [3.8, 4) is 11.8 Å². The summed E-state index contributed by atoms with van der Waals surface area (Å²) in [5.74, 6) is -1.03. The van der Waals surface area contributed by atoms with Crippen molar-refractivity contribution in [2.45, 2.75) is 6.92 Å². The molecule has 0 atom stereocenters. The quantitative estimate of drug-likeness (QED) is 0.610. The number of aldehydes is 1. The maximum atomic E-state index is 11.4. The van der Waals surface area contributed by atoms with Gasteiger partial charge in [0.2, 0.25) is 0 Å². The van der Waals surface area contributed by atoms with Crippen LogP contribution in [0.25, 0.3) is 0 Å². The van der Waals surface area contributed by atoms with E-state index >= 15 is 0 Å². The summed E-state index contributed by atoms with van der Waals surface area (Å²) in [5.41, 5.74) is -0.102. The maximum Gasteiger partial charge on any atom is 0.338 e. The largest absolute Gasteiger partial charge is 0.507 e. The Labute approximate surface area is 91.9 Å². The summed E-state index contributed by atoms with van der Waals surface area (Å²) in [6.45, 7) is 1.80. The van der Waals surface area contributed by atoms with Gasteiger partial charge in [-0.3, -0.25) is 4.79 Å². The molecule has 0 heterocycles. The summed E-state index contributed by atoms with van der Waals surface area (Å²) in [5, 5.41) is 18.0. The molecular weight excluding hydrogens is 210 g/mol. The van der Waals surface area contributed by atoms with Crippen molar-refractivity contribution in [1.82, 2.24) is 0 Å². The fraction of sp³-hybridized carbons (Fsp3) is 0.182. The van der Waals surface area contributed by atoms with Gasteiger partial charge in [0.1, 0.15) is 11.8 Å². The molecule has 0 amide bonds. The maximum absolute atomic E-state index is 11.4. The fourth-order valence-corrected chi connectivity index (χ4v) is 1.18. The topological polar surface area (TPSA) is 87.4 Å². The number of aromatic hydroxyl groups is 1. The number of rotatable bonds is 3. The second-order valence-electron chi connectivity index (χ2n) is 2.91. The lowest BCUT2D eigenvalue weighted by Gasteiger charge is -2.05. The van der Waals surface area contributed by atoms with Crippen LogP contribution in [0.1, 0.15) is 33.2 Å². The van der Waals surface area contributed by atoms with Crippen molar-refractivity contribution in [2.75, 3.05) is 6.61 Å². The monoisotopic (exact) mass is 219 g/mol. The van der Waals surface area contributed by atoms with Gasteiger partial charge in [-0.25, -0.2) is 4.79 Å². The molecule has 1 rings (SSSR count). The van der Waals surface area contributed by atoms with Gasteiger partial charge in [0.05, 0.1) is 17.7 Å². The Morgan fingerprint density at radius 2 is 2.31 bits per heavy atom. The van der Waals surface area contributed by atoms with Crippen molar-refractivity contribution in [3.05, 3.63) is 28.8 Å². The van der Waals surface area contributed by atoms with E-state index in [0.29, 0.717) is 6.29 Å². The number of carbonyl (C=O) groups is 2. The third-order valence-electron chi connectivity index (χ3n) is 1.91. The van der Waals surface area contributed by atoms with Crippen LogP contribution < -0.4 is 0 Å². The highest BCUT2D eigenvalue weighted by molar-refractivity contribution is 5.99. The molecule has 1 aromatic carbocycles. The van der Waals surface area contributed by atoms with E-state index in [4.69, 9.17) is 10.00 Å². The number of phenols is 1. The summed E-state index contributed by atoms with van der Waals surface area (Å²) >= 11 is 0. The number of benzene rings is 1. The number of hydrogen-bond acceptors (Lipinski definition) is 5. The van der Waals surface area contributed by atoms with Crippen LogP contribution in [0.3, 0.4) is 0 Å². The molecule has 0 saturated heterocycles. The van der Waals surface area contributed by atoms with Crippen LogP contribution in [0.4, 0.5) is 0 Å². The minimum Gasteiger partial charge on any atom is -0.507 e. The van der Waals surface area contributed by atoms with Gasteiger partial charge < -0.3 is 9.84 Å². The summed E-state index contributed by atoms with van der Waals surface area (Å²) in [4.78, 5) is 22.1. The molecule has 0 aliphatic carbocycles. The van der Waals surface area contributed by atoms with Crippen LogP contribution in [0.15, 0.2) is 12.1 Å². The molecule has 0 saturated carbocycles. The molecule has 0 bridgehead atoms. The first-order chi connectivity index (χ1) is 7.63. The highest BCUT2D eigenvalue weighted by Gasteiger charge is 2.15. The summed E-state index contributed by atoms with van der Waals surface area (Å²) in [7, 11) is 0. The predicted octanol–water partition coefficient (Wildman–Crippen LogP) is 1.25. The van der Waals surface area contributed by atoms with Crippen LogP contribution in [-0.2, 0) is 4.74 Å². The third kappa shape index (κ3) is 2.17. The van der Waals surface area contributed by atoms with Crippen molar-refractivity contribution >= 4 is 12.3 Å². The summed E-state index contributed by atoms with van der Waals surface area (Å²) < 4.78 is 4.72. The van der Waals surface area contributed by atoms with E-state index in [2.05, 4.69) is 0 Å². The second-order valence-corrected chi connectivity index (χ2v) is 2.91. The molecule has 0 spiro atoms. The third-order valence-corrected chi connectivity index (χ3v) is 1.91. The molecule has 1 N–H and O–H groups in total. The fourth-order valence-electron chi connectivity index (χ4n) is 1.18. The lowest BCUT2D eigenvalue weighted by Crippen LogP contribution is -2.08. The van der Waals surface area contributed by atoms with Gasteiger partial charge >= 0.3 is 5.97 Å². The number of carbonyl (C=O) groups excluding carboxylic acids is 2. The normalized spacial score (nSPS) is 9.25. The molecule has 82 valence electrons. The van der Waals surface area contributed by atoms with Gasteiger partial charge in [-0.15, -0.1) is 0 Å². The van der Waals surface area contributed by atoms with E-state index in [1.807, 2.05) is 0 Å². The average molecular weight is 219 g/mol. The van der Waals surface area contributed by atoms with Gasteiger partial charge in [0, 0.05) is 5.56 Å². The van der Waals surface area contributed by atoms with Crippen LogP contribution in [-0.4, -0.2) is 24.0 Å². The zero-order valence-corrected chi connectivity index (χ0v) is 8.56. The first-order valence-electron chi connectivity index (χ1n) is 4.53. The number of hydrogen-bond donors (Lipinski definition) is 1. The molecular formula is C11H9NO4. The van der Waals surface area contributed by atoms with Crippen molar-refractivity contribution in [2.24, 2.45) is 0 Å². The standard InChI is InChI=1S/C11H9NO4/c1-2-16-11(15)9-3-7(5-12)10(14)4-8(9)6-13/h3-4,6,14H,2H2,1H3. The van der Waals surface area contributed by atoms with Crippen molar-refractivity contribution in [3.63, 3.8) is 0 Å². The second kappa shape index (κ2) is 4.94. The molecule has 16 heavy (non-hydrogen) atoms. The SMILES string of the molecule is CCOC(=O)c1cc(C#N)c(O)cc1C=O. The Morgan fingerprint density at radius 3 is 2.81 bits per heavy atom. The number of ether oxygens (including phenoxy) is 1. The zero-order valence-electron chi connectivity index (χ0n) is 8.56. The first-order valence-corrected chi connectivity index (χ1v) is 4.53.